The van der Waals surface area contributed by atoms with Gasteiger partial charge in [-0.05, 0) is 74.8 Å². The molecule has 0 atom stereocenters. The number of rotatable bonds is 7. The molecule has 1 aliphatic heterocycles. The third-order valence-electron chi connectivity index (χ3n) is 7.68. The number of aryl methyl sites for hydroxylation is 1. The van der Waals surface area contributed by atoms with Crippen LogP contribution in [-0.4, -0.2) is 29.4 Å². The summed E-state index contributed by atoms with van der Waals surface area (Å²) in [6.45, 7) is 5.36. The van der Waals surface area contributed by atoms with E-state index in [1.807, 2.05) is 11.8 Å². The Balaban J connectivity index is 1.55. The Morgan fingerprint density at radius 2 is 1.66 bits per heavy atom. The number of carbonyl (C=O) groups is 1. The molecule has 0 bridgehead atoms. The minimum atomic E-state index is -4.74. The molecular weight excluding hydrogens is 453 g/mol. The van der Waals surface area contributed by atoms with E-state index in [2.05, 4.69) is 35.9 Å². The molecule has 2 fully saturated rings. The first-order chi connectivity index (χ1) is 16.7. The van der Waals surface area contributed by atoms with E-state index >= 15 is 0 Å². The van der Waals surface area contributed by atoms with Crippen LogP contribution in [0, 0.1) is 12.8 Å². The first-order valence-corrected chi connectivity index (χ1v) is 12.7. The van der Waals surface area contributed by atoms with Gasteiger partial charge in [0.25, 0.3) is 0 Å². The van der Waals surface area contributed by atoms with Crippen LogP contribution in [0.3, 0.4) is 0 Å². The number of urea groups is 1. The van der Waals surface area contributed by atoms with E-state index in [1.165, 1.54) is 49.1 Å². The zero-order valence-corrected chi connectivity index (χ0v) is 20.6. The van der Waals surface area contributed by atoms with Gasteiger partial charge in [0, 0.05) is 24.3 Å². The van der Waals surface area contributed by atoms with Crippen LogP contribution >= 0.6 is 0 Å². The van der Waals surface area contributed by atoms with Gasteiger partial charge < -0.3 is 9.64 Å². The smallest absolute Gasteiger partial charge is 0.406 e. The summed E-state index contributed by atoms with van der Waals surface area (Å²) in [5, 5.41) is 0. The molecule has 4 nitrogen and oxygen atoms in total. The van der Waals surface area contributed by atoms with Crippen LogP contribution in [-0.2, 0) is 6.54 Å². The summed E-state index contributed by atoms with van der Waals surface area (Å²) in [5.41, 5.74) is 2.69. The van der Waals surface area contributed by atoms with Crippen molar-refractivity contribution in [1.82, 2.24) is 4.90 Å². The molecule has 4 rings (SSSR count). The molecule has 2 aromatic carbocycles. The van der Waals surface area contributed by atoms with E-state index in [4.69, 9.17) is 0 Å². The monoisotopic (exact) mass is 488 g/mol. The van der Waals surface area contributed by atoms with Gasteiger partial charge in [0.1, 0.15) is 5.75 Å². The van der Waals surface area contributed by atoms with Crippen molar-refractivity contribution in [1.29, 1.82) is 0 Å². The standard InChI is InChI=1S/C28H35F3N2O2/c1-3-4-5-22-14-16-27(17-15-22)18-19-32(24-10-12-25(13-11-24)35-28(29,30)31)26(34)33(27)20-23-8-6-21(2)7-9-23/h6-13,22H,3-5,14-20H2,1-2H3. The second kappa shape index (κ2) is 10.5. The minimum Gasteiger partial charge on any atom is -0.406 e. The molecule has 1 saturated carbocycles. The molecule has 2 aromatic rings. The van der Waals surface area contributed by atoms with Gasteiger partial charge in [-0.3, -0.25) is 4.90 Å². The molecule has 0 aromatic heterocycles. The number of amides is 2. The largest absolute Gasteiger partial charge is 0.573 e. The fraction of sp³-hybridized carbons (Fsp3) is 0.536. The van der Waals surface area contributed by atoms with Crippen LogP contribution in [0.4, 0.5) is 23.7 Å². The van der Waals surface area contributed by atoms with Crippen molar-refractivity contribution in [2.24, 2.45) is 5.92 Å². The van der Waals surface area contributed by atoms with Gasteiger partial charge in [-0.1, -0.05) is 56.0 Å². The predicted molar refractivity (Wildman–Crippen MR) is 131 cm³/mol. The normalized spacial score (nSPS) is 23.1. The highest BCUT2D eigenvalue weighted by atomic mass is 19.4. The maximum atomic E-state index is 13.9. The van der Waals surface area contributed by atoms with Crippen molar-refractivity contribution in [2.75, 3.05) is 11.4 Å². The van der Waals surface area contributed by atoms with Crippen LogP contribution in [0.1, 0.15) is 69.4 Å². The van der Waals surface area contributed by atoms with Crippen molar-refractivity contribution in [3.8, 4) is 5.75 Å². The van der Waals surface area contributed by atoms with Gasteiger partial charge in [0.05, 0.1) is 0 Å². The molecular formula is C28H35F3N2O2. The van der Waals surface area contributed by atoms with E-state index in [-0.39, 0.29) is 17.3 Å². The Bertz CT molecular complexity index is 981. The lowest BCUT2D eigenvalue weighted by Gasteiger charge is -2.53. The Hall–Kier alpha value is -2.70. The highest BCUT2D eigenvalue weighted by Crippen LogP contribution is 2.44. The van der Waals surface area contributed by atoms with Crippen molar-refractivity contribution < 1.29 is 22.7 Å². The van der Waals surface area contributed by atoms with E-state index in [9.17, 15) is 18.0 Å². The molecule has 1 aliphatic carbocycles. The van der Waals surface area contributed by atoms with Gasteiger partial charge in [-0.25, -0.2) is 4.79 Å². The molecule has 1 saturated heterocycles. The van der Waals surface area contributed by atoms with Crippen LogP contribution in [0.25, 0.3) is 0 Å². The lowest BCUT2D eigenvalue weighted by molar-refractivity contribution is -0.274. The van der Waals surface area contributed by atoms with E-state index in [1.54, 1.807) is 4.90 Å². The lowest BCUT2D eigenvalue weighted by atomic mass is 9.71. The number of halogens is 3. The van der Waals surface area contributed by atoms with E-state index in [0.717, 1.165) is 43.6 Å². The van der Waals surface area contributed by atoms with Crippen molar-refractivity contribution in [2.45, 2.75) is 83.7 Å². The van der Waals surface area contributed by atoms with Gasteiger partial charge in [-0.2, -0.15) is 0 Å². The minimum absolute atomic E-state index is 0.0756. The van der Waals surface area contributed by atoms with Crippen LogP contribution in [0.15, 0.2) is 48.5 Å². The Kier molecular flexibility index (Phi) is 7.62. The van der Waals surface area contributed by atoms with Gasteiger partial charge in [0.2, 0.25) is 0 Å². The number of benzene rings is 2. The summed E-state index contributed by atoms with van der Waals surface area (Å²) in [6.07, 6.45) is 4.13. The fourth-order valence-electron chi connectivity index (χ4n) is 5.59. The summed E-state index contributed by atoms with van der Waals surface area (Å²) in [6, 6.07) is 13.8. The van der Waals surface area contributed by atoms with Crippen LogP contribution in [0.2, 0.25) is 0 Å². The topological polar surface area (TPSA) is 32.8 Å². The van der Waals surface area contributed by atoms with Crippen LogP contribution in [0.5, 0.6) is 5.75 Å². The number of carbonyl (C=O) groups excluding carboxylic acids is 1. The number of ether oxygens (including phenoxy) is 1. The number of hydrogen-bond donors (Lipinski definition) is 0. The molecule has 2 aliphatic rings. The zero-order valence-electron chi connectivity index (χ0n) is 20.6. The van der Waals surface area contributed by atoms with E-state index < -0.39 is 6.36 Å². The van der Waals surface area contributed by atoms with Crippen LogP contribution < -0.4 is 9.64 Å². The number of nitrogens with zero attached hydrogens (tertiary/aromatic N) is 2. The average molecular weight is 489 g/mol. The molecule has 0 N–H and O–H groups in total. The van der Waals surface area contributed by atoms with Gasteiger partial charge in [-0.15, -0.1) is 13.2 Å². The Morgan fingerprint density at radius 3 is 2.26 bits per heavy atom. The van der Waals surface area contributed by atoms with Gasteiger partial charge >= 0.3 is 12.4 Å². The number of unbranched alkanes of at least 4 members (excludes halogenated alkanes) is 1. The first-order valence-electron chi connectivity index (χ1n) is 12.7. The first kappa shape index (κ1) is 25.4. The summed E-state index contributed by atoms with van der Waals surface area (Å²) in [4.78, 5) is 17.6. The molecule has 1 spiro atoms. The molecule has 2 amide bonds. The SMILES string of the molecule is CCCCC1CCC2(CC1)CCN(c1ccc(OC(F)(F)F)cc1)C(=O)N2Cc1ccc(C)cc1. The maximum Gasteiger partial charge on any atom is 0.573 e. The van der Waals surface area contributed by atoms with Crippen molar-refractivity contribution in [3.63, 3.8) is 0 Å². The number of hydrogen-bond acceptors (Lipinski definition) is 2. The second-order valence-electron chi connectivity index (χ2n) is 10.1. The van der Waals surface area contributed by atoms with Crippen molar-refractivity contribution >= 4 is 11.7 Å². The molecule has 190 valence electrons. The molecule has 35 heavy (non-hydrogen) atoms. The fourth-order valence-corrected chi connectivity index (χ4v) is 5.59. The van der Waals surface area contributed by atoms with Crippen molar-refractivity contribution in [3.05, 3.63) is 59.7 Å². The summed E-state index contributed by atoms with van der Waals surface area (Å²) in [5.74, 6) is 0.445. The molecule has 0 radical (unpaired) electrons. The summed E-state index contributed by atoms with van der Waals surface area (Å²) < 4.78 is 41.6. The zero-order chi connectivity index (χ0) is 25.1. The second-order valence-corrected chi connectivity index (χ2v) is 10.1. The summed E-state index contributed by atoms with van der Waals surface area (Å²) in [7, 11) is 0. The Labute approximate surface area is 206 Å². The third kappa shape index (κ3) is 6.11. The van der Waals surface area contributed by atoms with E-state index in [0.29, 0.717) is 18.8 Å². The molecule has 1 heterocycles. The maximum absolute atomic E-state index is 13.9. The number of anilines is 1. The average Bonchev–Trinajstić information content (AvgIpc) is 2.82. The predicted octanol–water partition coefficient (Wildman–Crippen LogP) is 7.85. The highest BCUT2D eigenvalue weighted by Gasteiger charge is 2.47. The third-order valence-corrected chi connectivity index (χ3v) is 7.68. The summed E-state index contributed by atoms with van der Waals surface area (Å²) >= 11 is 0. The molecule has 7 heteroatoms. The Morgan fingerprint density at radius 1 is 1.00 bits per heavy atom. The highest BCUT2D eigenvalue weighted by molar-refractivity contribution is 5.93. The quantitative estimate of drug-likeness (QED) is 0.398. The lowest BCUT2D eigenvalue weighted by Crippen LogP contribution is -2.62. The van der Waals surface area contributed by atoms with Gasteiger partial charge in [0.15, 0.2) is 0 Å². The number of alkyl halides is 3. The molecule has 0 unspecified atom stereocenters.